The molecule has 1 aromatic carbocycles. The molecule has 1 rings (SSSR count). The van der Waals surface area contributed by atoms with Crippen LogP contribution in [0.3, 0.4) is 0 Å². The molecule has 1 aromatic rings. The zero-order chi connectivity index (χ0) is 13.5. The third kappa shape index (κ3) is 4.05. The molecule has 3 nitrogen and oxygen atoms in total. The number of nitrogens with zero attached hydrogens (tertiary/aromatic N) is 1. The monoisotopic (exact) mass is 254 g/mol. The van der Waals surface area contributed by atoms with E-state index >= 15 is 0 Å². The lowest BCUT2D eigenvalue weighted by Crippen LogP contribution is -2.33. The predicted molar refractivity (Wildman–Crippen MR) is 72.1 cm³/mol. The van der Waals surface area contributed by atoms with Crippen molar-refractivity contribution in [2.75, 3.05) is 33.4 Å². The first-order chi connectivity index (χ1) is 8.60. The molecule has 0 amide bonds. The van der Waals surface area contributed by atoms with Crippen molar-refractivity contribution in [3.63, 3.8) is 0 Å². The number of hydrogen-bond donors (Lipinski definition) is 1. The Labute approximate surface area is 109 Å². The SMILES string of the molecule is CCOCCN(C)C(CN)c1ccc(F)cc1C. The zero-order valence-corrected chi connectivity index (χ0v) is 11.4. The Morgan fingerprint density at radius 2 is 2.17 bits per heavy atom. The number of likely N-dealkylation sites (N-methyl/N-ethyl adjacent to an activating group) is 1. The summed E-state index contributed by atoms with van der Waals surface area (Å²) in [6, 6.07) is 4.96. The van der Waals surface area contributed by atoms with E-state index in [0.717, 1.165) is 24.3 Å². The van der Waals surface area contributed by atoms with Crippen LogP contribution in [0.25, 0.3) is 0 Å². The molecule has 4 heteroatoms. The van der Waals surface area contributed by atoms with Gasteiger partial charge in [-0.15, -0.1) is 0 Å². The van der Waals surface area contributed by atoms with Gasteiger partial charge in [-0.05, 0) is 44.2 Å². The molecule has 0 radical (unpaired) electrons. The Kier molecular flexibility index (Phi) is 6.25. The summed E-state index contributed by atoms with van der Waals surface area (Å²) < 4.78 is 18.4. The van der Waals surface area contributed by atoms with Gasteiger partial charge in [0.1, 0.15) is 5.82 Å². The largest absolute Gasteiger partial charge is 0.380 e. The smallest absolute Gasteiger partial charge is 0.123 e. The van der Waals surface area contributed by atoms with Crippen LogP contribution in [0.5, 0.6) is 0 Å². The van der Waals surface area contributed by atoms with Gasteiger partial charge in [0.15, 0.2) is 0 Å². The van der Waals surface area contributed by atoms with E-state index in [1.54, 1.807) is 6.07 Å². The third-order valence-electron chi connectivity index (χ3n) is 3.14. The highest BCUT2D eigenvalue weighted by Gasteiger charge is 2.17. The number of nitrogens with two attached hydrogens (primary N) is 1. The Bertz CT molecular complexity index is 371. The van der Waals surface area contributed by atoms with Crippen molar-refractivity contribution in [3.8, 4) is 0 Å². The fourth-order valence-electron chi connectivity index (χ4n) is 2.07. The molecule has 0 heterocycles. The van der Waals surface area contributed by atoms with Crippen LogP contribution < -0.4 is 5.73 Å². The van der Waals surface area contributed by atoms with Crippen molar-refractivity contribution in [1.29, 1.82) is 0 Å². The fourth-order valence-corrected chi connectivity index (χ4v) is 2.07. The minimum absolute atomic E-state index is 0.103. The maximum Gasteiger partial charge on any atom is 0.123 e. The molecule has 0 spiro atoms. The summed E-state index contributed by atoms with van der Waals surface area (Å²) in [6.07, 6.45) is 0. The van der Waals surface area contributed by atoms with E-state index < -0.39 is 0 Å². The fraction of sp³-hybridized carbons (Fsp3) is 0.571. The third-order valence-corrected chi connectivity index (χ3v) is 3.14. The maximum absolute atomic E-state index is 13.1. The Morgan fingerprint density at radius 1 is 1.44 bits per heavy atom. The van der Waals surface area contributed by atoms with E-state index in [1.807, 2.05) is 27.0 Å². The van der Waals surface area contributed by atoms with Crippen LogP contribution in [-0.4, -0.2) is 38.3 Å². The lowest BCUT2D eigenvalue weighted by atomic mass is 10.00. The van der Waals surface area contributed by atoms with Crippen LogP contribution in [0.1, 0.15) is 24.1 Å². The van der Waals surface area contributed by atoms with Gasteiger partial charge in [0.05, 0.1) is 6.61 Å². The number of rotatable bonds is 7. The average molecular weight is 254 g/mol. The summed E-state index contributed by atoms with van der Waals surface area (Å²) >= 11 is 0. The van der Waals surface area contributed by atoms with E-state index in [0.29, 0.717) is 13.2 Å². The molecule has 0 aromatic heterocycles. The molecule has 0 aliphatic heterocycles. The van der Waals surface area contributed by atoms with Crippen molar-refractivity contribution in [2.24, 2.45) is 5.73 Å². The molecule has 2 N–H and O–H groups in total. The number of hydrogen-bond acceptors (Lipinski definition) is 3. The van der Waals surface area contributed by atoms with E-state index in [4.69, 9.17) is 10.5 Å². The summed E-state index contributed by atoms with van der Waals surface area (Å²) in [5, 5.41) is 0. The highest BCUT2D eigenvalue weighted by molar-refractivity contribution is 5.29. The quantitative estimate of drug-likeness (QED) is 0.757. The number of benzene rings is 1. The first-order valence-electron chi connectivity index (χ1n) is 6.34. The molecule has 0 aliphatic carbocycles. The van der Waals surface area contributed by atoms with E-state index in [1.165, 1.54) is 6.07 Å². The van der Waals surface area contributed by atoms with E-state index in [-0.39, 0.29) is 11.9 Å². The van der Waals surface area contributed by atoms with Gasteiger partial charge in [0.25, 0.3) is 0 Å². The summed E-state index contributed by atoms with van der Waals surface area (Å²) in [5.74, 6) is -0.205. The second kappa shape index (κ2) is 7.46. The zero-order valence-electron chi connectivity index (χ0n) is 11.4. The van der Waals surface area contributed by atoms with Crippen LogP contribution in [0, 0.1) is 12.7 Å². The summed E-state index contributed by atoms with van der Waals surface area (Å²) in [7, 11) is 2.01. The molecule has 0 saturated carbocycles. The van der Waals surface area contributed by atoms with Gasteiger partial charge in [-0.25, -0.2) is 4.39 Å². The van der Waals surface area contributed by atoms with Gasteiger partial charge < -0.3 is 10.5 Å². The minimum Gasteiger partial charge on any atom is -0.380 e. The lowest BCUT2D eigenvalue weighted by molar-refractivity contribution is 0.108. The second-order valence-corrected chi connectivity index (χ2v) is 4.43. The van der Waals surface area contributed by atoms with Gasteiger partial charge in [0.2, 0.25) is 0 Å². The van der Waals surface area contributed by atoms with Gasteiger partial charge in [-0.2, -0.15) is 0 Å². The van der Waals surface area contributed by atoms with Crippen LogP contribution in [0.4, 0.5) is 4.39 Å². The molecule has 18 heavy (non-hydrogen) atoms. The summed E-state index contributed by atoms with van der Waals surface area (Å²) in [6.45, 7) is 6.62. The first kappa shape index (κ1) is 15.1. The Hall–Kier alpha value is -0.970. The molecule has 0 saturated heterocycles. The standard InChI is InChI=1S/C14H23FN2O/c1-4-18-8-7-17(3)14(10-16)13-6-5-12(15)9-11(13)2/h5-6,9,14H,4,7-8,10,16H2,1-3H3. The maximum atomic E-state index is 13.1. The Balaban J connectivity index is 2.75. The van der Waals surface area contributed by atoms with Crippen LogP contribution >= 0.6 is 0 Å². The highest BCUT2D eigenvalue weighted by atomic mass is 19.1. The summed E-state index contributed by atoms with van der Waals surface area (Å²) in [4.78, 5) is 2.15. The predicted octanol–water partition coefficient (Wildman–Crippen LogP) is 2.10. The lowest BCUT2D eigenvalue weighted by Gasteiger charge is -2.28. The molecule has 1 atom stereocenters. The minimum atomic E-state index is -0.205. The first-order valence-corrected chi connectivity index (χ1v) is 6.34. The van der Waals surface area contributed by atoms with Crippen molar-refractivity contribution in [1.82, 2.24) is 4.90 Å². The molecular weight excluding hydrogens is 231 g/mol. The molecule has 0 bridgehead atoms. The molecule has 1 unspecified atom stereocenters. The number of ether oxygens (including phenoxy) is 1. The second-order valence-electron chi connectivity index (χ2n) is 4.43. The van der Waals surface area contributed by atoms with Gasteiger partial charge >= 0.3 is 0 Å². The van der Waals surface area contributed by atoms with Crippen molar-refractivity contribution < 1.29 is 9.13 Å². The van der Waals surface area contributed by atoms with Gasteiger partial charge in [-0.3, -0.25) is 4.90 Å². The van der Waals surface area contributed by atoms with Crippen molar-refractivity contribution in [2.45, 2.75) is 19.9 Å². The van der Waals surface area contributed by atoms with Gasteiger partial charge in [0, 0.05) is 25.7 Å². The average Bonchev–Trinajstić information content (AvgIpc) is 2.33. The van der Waals surface area contributed by atoms with Crippen molar-refractivity contribution >= 4 is 0 Å². The van der Waals surface area contributed by atoms with Gasteiger partial charge in [-0.1, -0.05) is 6.07 Å². The number of aryl methyl sites for hydroxylation is 1. The molecule has 0 aliphatic rings. The topological polar surface area (TPSA) is 38.5 Å². The van der Waals surface area contributed by atoms with Crippen LogP contribution in [-0.2, 0) is 4.74 Å². The van der Waals surface area contributed by atoms with E-state index in [2.05, 4.69) is 4.90 Å². The highest BCUT2D eigenvalue weighted by Crippen LogP contribution is 2.22. The Morgan fingerprint density at radius 3 is 2.72 bits per heavy atom. The number of halogens is 1. The van der Waals surface area contributed by atoms with Crippen molar-refractivity contribution in [3.05, 3.63) is 35.1 Å². The van der Waals surface area contributed by atoms with Crippen LogP contribution in [0.2, 0.25) is 0 Å². The molecule has 102 valence electrons. The van der Waals surface area contributed by atoms with E-state index in [9.17, 15) is 4.39 Å². The van der Waals surface area contributed by atoms with Crippen LogP contribution in [0.15, 0.2) is 18.2 Å². The summed E-state index contributed by atoms with van der Waals surface area (Å²) in [5.41, 5.74) is 7.86. The molecular formula is C14H23FN2O. The molecule has 0 fully saturated rings. The normalized spacial score (nSPS) is 13.0.